The Balaban J connectivity index is 1.59. The first-order valence-electron chi connectivity index (χ1n) is 6.30. The molecule has 0 unspecified atom stereocenters. The molecule has 86 valence electrons. The second-order valence-corrected chi connectivity index (χ2v) is 4.73. The van der Waals surface area contributed by atoms with Crippen molar-refractivity contribution < 1.29 is 0 Å². The summed E-state index contributed by atoms with van der Waals surface area (Å²) in [6, 6.07) is 20.0. The van der Waals surface area contributed by atoms with Gasteiger partial charge in [0, 0.05) is 11.7 Å². The summed E-state index contributed by atoms with van der Waals surface area (Å²) in [7, 11) is 0. The van der Waals surface area contributed by atoms with Gasteiger partial charge in [0.1, 0.15) is 0 Å². The predicted octanol–water partition coefficient (Wildman–Crippen LogP) is 3.66. The molecule has 0 spiro atoms. The Kier molecular flexibility index (Phi) is 2.83. The van der Waals surface area contributed by atoms with Gasteiger partial charge < -0.3 is 5.32 Å². The molecule has 2 aromatic rings. The van der Waals surface area contributed by atoms with Crippen molar-refractivity contribution in [2.75, 3.05) is 5.32 Å². The van der Waals surface area contributed by atoms with Gasteiger partial charge in [-0.05, 0) is 36.5 Å². The van der Waals surface area contributed by atoms with Crippen molar-refractivity contribution in [3.05, 3.63) is 65.7 Å². The van der Waals surface area contributed by atoms with Crippen LogP contribution in [0.4, 0.5) is 5.69 Å². The third-order valence-electron chi connectivity index (χ3n) is 3.47. The quantitative estimate of drug-likeness (QED) is 0.837. The van der Waals surface area contributed by atoms with E-state index in [2.05, 4.69) is 59.9 Å². The van der Waals surface area contributed by atoms with Gasteiger partial charge >= 0.3 is 0 Å². The monoisotopic (exact) mass is 223 g/mol. The summed E-state index contributed by atoms with van der Waals surface area (Å²) < 4.78 is 0. The van der Waals surface area contributed by atoms with E-state index >= 15 is 0 Å². The number of para-hydroxylation sites is 1. The summed E-state index contributed by atoms with van der Waals surface area (Å²) in [5, 5.41) is 3.60. The van der Waals surface area contributed by atoms with Crippen LogP contribution < -0.4 is 5.32 Å². The molecule has 1 aliphatic rings. The van der Waals surface area contributed by atoms with Crippen LogP contribution >= 0.6 is 0 Å². The molecule has 3 rings (SSSR count). The van der Waals surface area contributed by atoms with E-state index < -0.39 is 0 Å². The molecule has 1 N–H and O–H groups in total. The van der Waals surface area contributed by atoms with Crippen LogP contribution in [-0.2, 0) is 12.8 Å². The van der Waals surface area contributed by atoms with Crippen LogP contribution in [0.1, 0.15) is 17.5 Å². The summed E-state index contributed by atoms with van der Waals surface area (Å²) in [6.07, 6.45) is 3.54. The molecule has 0 fully saturated rings. The Labute approximate surface area is 102 Å². The largest absolute Gasteiger partial charge is 0.382 e. The van der Waals surface area contributed by atoms with Gasteiger partial charge in [-0.25, -0.2) is 0 Å². The van der Waals surface area contributed by atoms with Gasteiger partial charge in [-0.1, -0.05) is 48.5 Å². The Morgan fingerprint density at radius 2 is 1.71 bits per heavy atom. The first kappa shape index (κ1) is 10.4. The number of hydrogen-bond donors (Lipinski definition) is 1. The number of benzene rings is 2. The number of anilines is 1. The highest BCUT2D eigenvalue weighted by atomic mass is 14.9. The van der Waals surface area contributed by atoms with Crippen LogP contribution in [0.2, 0.25) is 0 Å². The van der Waals surface area contributed by atoms with E-state index in [9.17, 15) is 0 Å². The van der Waals surface area contributed by atoms with E-state index in [0.29, 0.717) is 6.04 Å². The Morgan fingerprint density at radius 3 is 2.53 bits per heavy atom. The van der Waals surface area contributed by atoms with E-state index in [1.165, 1.54) is 29.7 Å². The van der Waals surface area contributed by atoms with Crippen LogP contribution in [0.15, 0.2) is 54.6 Å². The van der Waals surface area contributed by atoms with Crippen molar-refractivity contribution in [1.29, 1.82) is 0 Å². The lowest BCUT2D eigenvalue weighted by atomic mass is 10.0. The Hall–Kier alpha value is -1.76. The minimum absolute atomic E-state index is 0.604. The fraction of sp³-hybridized carbons (Fsp3) is 0.250. The molecule has 0 amide bonds. The van der Waals surface area contributed by atoms with Crippen molar-refractivity contribution in [2.45, 2.75) is 25.3 Å². The SMILES string of the molecule is c1ccc(CC[C@H]2Cc3ccccc3N2)cc1. The van der Waals surface area contributed by atoms with Gasteiger partial charge in [-0.3, -0.25) is 0 Å². The standard InChI is InChI=1S/C16H17N/c1-2-6-13(7-3-1)10-11-15-12-14-8-4-5-9-16(14)17-15/h1-9,15,17H,10-12H2/t15-/m0/s1. The minimum atomic E-state index is 0.604. The fourth-order valence-corrected chi connectivity index (χ4v) is 2.54. The molecular formula is C16H17N. The third-order valence-corrected chi connectivity index (χ3v) is 3.47. The van der Waals surface area contributed by atoms with Crippen molar-refractivity contribution in [3.63, 3.8) is 0 Å². The summed E-state index contributed by atoms with van der Waals surface area (Å²) in [5.74, 6) is 0. The third kappa shape index (κ3) is 2.33. The van der Waals surface area contributed by atoms with Crippen molar-refractivity contribution in [1.82, 2.24) is 0 Å². The predicted molar refractivity (Wildman–Crippen MR) is 72.3 cm³/mol. The summed E-state index contributed by atoms with van der Waals surface area (Å²) in [5.41, 5.74) is 4.22. The highest BCUT2D eigenvalue weighted by Crippen LogP contribution is 2.27. The number of hydrogen-bond acceptors (Lipinski definition) is 1. The highest BCUT2D eigenvalue weighted by molar-refractivity contribution is 5.56. The lowest BCUT2D eigenvalue weighted by Crippen LogP contribution is -2.16. The van der Waals surface area contributed by atoms with Crippen molar-refractivity contribution >= 4 is 5.69 Å². The molecule has 1 heteroatoms. The average Bonchev–Trinajstić information content (AvgIpc) is 2.80. The molecule has 17 heavy (non-hydrogen) atoms. The second kappa shape index (κ2) is 4.62. The van der Waals surface area contributed by atoms with Gasteiger partial charge in [0.25, 0.3) is 0 Å². The lowest BCUT2D eigenvalue weighted by Gasteiger charge is -2.10. The summed E-state index contributed by atoms with van der Waals surface area (Å²) in [4.78, 5) is 0. The van der Waals surface area contributed by atoms with Crippen LogP contribution in [0.3, 0.4) is 0 Å². The van der Waals surface area contributed by atoms with Gasteiger partial charge in [0.05, 0.1) is 0 Å². The van der Waals surface area contributed by atoms with Crippen molar-refractivity contribution in [2.24, 2.45) is 0 Å². The zero-order valence-electron chi connectivity index (χ0n) is 9.89. The highest BCUT2D eigenvalue weighted by Gasteiger charge is 2.19. The number of nitrogens with one attached hydrogen (secondary N) is 1. The first-order chi connectivity index (χ1) is 8.42. The lowest BCUT2D eigenvalue weighted by molar-refractivity contribution is 0.675. The molecule has 1 aliphatic heterocycles. The van der Waals surface area contributed by atoms with Gasteiger partial charge in [0.2, 0.25) is 0 Å². The van der Waals surface area contributed by atoms with Gasteiger partial charge in [-0.15, -0.1) is 0 Å². The van der Waals surface area contributed by atoms with E-state index in [4.69, 9.17) is 0 Å². The minimum Gasteiger partial charge on any atom is -0.382 e. The van der Waals surface area contributed by atoms with Crippen LogP contribution in [0, 0.1) is 0 Å². The van der Waals surface area contributed by atoms with Gasteiger partial charge in [-0.2, -0.15) is 0 Å². The normalized spacial score (nSPS) is 17.5. The fourth-order valence-electron chi connectivity index (χ4n) is 2.54. The zero-order chi connectivity index (χ0) is 11.5. The number of aryl methyl sites for hydroxylation is 1. The molecule has 1 heterocycles. The van der Waals surface area contributed by atoms with E-state index in [1.807, 2.05) is 0 Å². The molecule has 1 nitrogen and oxygen atoms in total. The zero-order valence-corrected chi connectivity index (χ0v) is 9.89. The molecule has 0 saturated carbocycles. The Bertz CT molecular complexity index is 465. The summed E-state index contributed by atoms with van der Waals surface area (Å²) in [6.45, 7) is 0. The Morgan fingerprint density at radius 1 is 0.941 bits per heavy atom. The molecule has 1 atom stereocenters. The smallest absolute Gasteiger partial charge is 0.0375 e. The molecule has 2 aromatic carbocycles. The van der Waals surface area contributed by atoms with E-state index in [1.54, 1.807) is 0 Å². The molecule has 0 bridgehead atoms. The first-order valence-corrected chi connectivity index (χ1v) is 6.30. The molecular weight excluding hydrogens is 206 g/mol. The molecule has 0 saturated heterocycles. The van der Waals surface area contributed by atoms with Crippen molar-refractivity contribution in [3.8, 4) is 0 Å². The maximum absolute atomic E-state index is 3.60. The van der Waals surface area contributed by atoms with Crippen LogP contribution in [0.25, 0.3) is 0 Å². The summed E-state index contributed by atoms with van der Waals surface area (Å²) >= 11 is 0. The topological polar surface area (TPSA) is 12.0 Å². The molecule has 0 aliphatic carbocycles. The average molecular weight is 223 g/mol. The number of rotatable bonds is 3. The van der Waals surface area contributed by atoms with Crippen LogP contribution in [0.5, 0.6) is 0 Å². The van der Waals surface area contributed by atoms with Gasteiger partial charge in [0.15, 0.2) is 0 Å². The van der Waals surface area contributed by atoms with E-state index in [-0.39, 0.29) is 0 Å². The maximum atomic E-state index is 3.60. The van der Waals surface area contributed by atoms with Crippen LogP contribution in [-0.4, -0.2) is 6.04 Å². The van der Waals surface area contributed by atoms with E-state index in [0.717, 1.165) is 6.42 Å². The second-order valence-electron chi connectivity index (χ2n) is 4.73. The molecule has 0 radical (unpaired) electrons. The number of fused-ring (bicyclic) bond motifs is 1. The maximum Gasteiger partial charge on any atom is 0.0375 e. The molecule has 0 aromatic heterocycles.